The van der Waals surface area contributed by atoms with Crippen LogP contribution >= 0.6 is 0 Å². The lowest BCUT2D eigenvalue weighted by atomic mass is 9.80. The highest BCUT2D eigenvalue weighted by Gasteiger charge is 2.24. The van der Waals surface area contributed by atoms with Gasteiger partial charge in [-0.05, 0) is 61.3 Å². The van der Waals surface area contributed by atoms with Crippen molar-refractivity contribution in [2.45, 2.75) is 45.6 Å². The number of anilines is 1. The van der Waals surface area contributed by atoms with Gasteiger partial charge in [-0.25, -0.2) is 4.52 Å². The van der Waals surface area contributed by atoms with Crippen molar-refractivity contribution in [3.05, 3.63) is 42.9 Å². The number of ether oxygens (including phenoxy) is 1. The summed E-state index contributed by atoms with van der Waals surface area (Å²) >= 11 is 0. The second-order valence-corrected chi connectivity index (χ2v) is 8.73. The number of aromatic nitrogens is 5. The zero-order chi connectivity index (χ0) is 21.4. The molecule has 160 valence electrons. The van der Waals surface area contributed by atoms with E-state index in [1.165, 1.54) is 12.8 Å². The van der Waals surface area contributed by atoms with Crippen molar-refractivity contribution in [2.24, 2.45) is 11.8 Å². The Labute approximate surface area is 181 Å². The highest BCUT2D eigenvalue weighted by Crippen LogP contribution is 2.34. The summed E-state index contributed by atoms with van der Waals surface area (Å²) in [5, 5.41) is 8.27. The molecular formula is C24H28N6O. The second-order valence-electron chi connectivity index (χ2n) is 8.73. The molecule has 5 rings (SSSR count). The Hall–Kier alpha value is -3.22. The quantitative estimate of drug-likeness (QED) is 0.495. The Morgan fingerprint density at radius 2 is 1.81 bits per heavy atom. The van der Waals surface area contributed by atoms with E-state index in [4.69, 9.17) is 14.8 Å². The minimum Gasteiger partial charge on any atom is -0.479 e. The van der Waals surface area contributed by atoms with E-state index in [-0.39, 0.29) is 0 Å². The summed E-state index contributed by atoms with van der Waals surface area (Å²) in [5.74, 6) is 2.76. The summed E-state index contributed by atoms with van der Waals surface area (Å²) in [5.41, 5.74) is 4.62. The normalized spacial score (nSPS) is 19.2. The molecule has 7 heteroatoms. The van der Waals surface area contributed by atoms with Crippen LogP contribution < -0.4 is 10.1 Å². The van der Waals surface area contributed by atoms with Gasteiger partial charge in [0.25, 0.3) is 0 Å². The minimum atomic E-state index is 0.409. The molecule has 0 amide bonds. The van der Waals surface area contributed by atoms with Crippen LogP contribution in [-0.2, 0) is 0 Å². The summed E-state index contributed by atoms with van der Waals surface area (Å²) < 4.78 is 7.53. The third kappa shape index (κ3) is 3.80. The van der Waals surface area contributed by atoms with Gasteiger partial charge in [-0.3, -0.25) is 9.97 Å². The lowest BCUT2D eigenvalue weighted by molar-refractivity contribution is 0.266. The van der Waals surface area contributed by atoms with Crippen LogP contribution in [-0.4, -0.2) is 37.7 Å². The van der Waals surface area contributed by atoms with Crippen molar-refractivity contribution in [2.75, 3.05) is 12.4 Å². The van der Waals surface area contributed by atoms with Gasteiger partial charge in [-0.1, -0.05) is 19.9 Å². The molecule has 0 atom stereocenters. The Bertz CT molecular complexity index is 1210. The van der Waals surface area contributed by atoms with Crippen molar-refractivity contribution in [3.63, 3.8) is 0 Å². The molecule has 0 bridgehead atoms. The van der Waals surface area contributed by atoms with Gasteiger partial charge in [0.2, 0.25) is 11.8 Å². The molecule has 0 aliphatic heterocycles. The average Bonchev–Trinajstić information content (AvgIpc) is 3.22. The topological polar surface area (TPSA) is 77.2 Å². The molecule has 7 nitrogen and oxygen atoms in total. The first-order chi connectivity index (χ1) is 15.1. The summed E-state index contributed by atoms with van der Waals surface area (Å²) in [6.45, 7) is 4.65. The third-order valence-corrected chi connectivity index (χ3v) is 6.50. The molecule has 1 fully saturated rings. The van der Waals surface area contributed by atoms with Gasteiger partial charge in [0, 0.05) is 30.2 Å². The molecule has 3 heterocycles. The molecule has 0 spiro atoms. The molecule has 0 saturated heterocycles. The van der Waals surface area contributed by atoms with Gasteiger partial charge in [0.1, 0.15) is 5.52 Å². The van der Waals surface area contributed by atoms with Crippen LogP contribution in [0.2, 0.25) is 0 Å². The number of hydrogen-bond acceptors (Lipinski definition) is 6. The summed E-state index contributed by atoms with van der Waals surface area (Å²) in [6, 6.07) is 8.52. The Balaban J connectivity index is 1.45. The molecule has 31 heavy (non-hydrogen) atoms. The van der Waals surface area contributed by atoms with Gasteiger partial charge in [-0.15, -0.1) is 5.10 Å². The number of rotatable bonds is 5. The Kier molecular flexibility index (Phi) is 5.18. The van der Waals surface area contributed by atoms with E-state index in [2.05, 4.69) is 29.1 Å². The molecule has 1 aliphatic rings. The summed E-state index contributed by atoms with van der Waals surface area (Å²) in [4.78, 5) is 13.5. The van der Waals surface area contributed by atoms with Crippen LogP contribution in [0.1, 0.15) is 39.5 Å². The molecule has 3 aromatic heterocycles. The van der Waals surface area contributed by atoms with Crippen molar-refractivity contribution in [3.8, 4) is 17.0 Å². The van der Waals surface area contributed by atoms with Crippen LogP contribution in [0.5, 0.6) is 5.88 Å². The number of fused-ring (bicyclic) bond motifs is 2. The first kappa shape index (κ1) is 19.7. The van der Waals surface area contributed by atoms with E-state index in [1.807, 2.05) is 35.0 Å². The molecule has 1 aromatic carbocycles. The van der Waals surface area contributed by atoms with E-state index < -0.39 is 0 Å². The van der Waals surface area contributed by atoms with Gasteiger partial charge < -0.3 is 10.1 Å². The molecule has 1 saturated carbocycles. The van der Waals surface area contributed by atoms with E-state index in [0.29, 0.717) is 17.9 Å². The van der Waals surface area contributed by atoms with Gasteiger partial charge >= 0.3 is 0 Å². The lowest BCUT2D eigenvalue weighted by Gasteiger charge is -2.31. The van der Waals surface area contributed by atoms with Gasteiger partial charge in [-0.2, -0.15) is 4.98 Å². The fraction of sp³-hybridized carbons (Fsp3) is 0.417. The van der Waals surface area contributed by atoms with Crippen LogP contribution in [0.3, 0.4) is 0 Å². The van der Waals surface area contributed by atoms with E-state index in [1.54, 1.807) is 19.5 Å². The Morgan fingerprint density at radius 3 is 2.55 bits per heavy atom. The summed E-state index contributed by atoms with van der Waals surface area (Å²) in [7, 11) is 1.66. The van der Waals surface area contributed by atoms with Crippen LogP contribution in [0.15, 0.2) is 42.9 Å². The number of nitrogens with zero attached hydrogens (tertiary/aromatic N) is 5. The molecule has 1 N–H and O–H groups in total. The number of benzene rings is 1. The van der Waals surface area contributed by atoms with Crippen molar-refractivity contribution < 1.29 is 4.74 Å². The highest BCUT2D eigenvalue weighted by molar-refractivity contribution is 5.89. The zero-order valence-electron chi connectivity index (χ0n) is 18.2. The third-order valence-electron chi connectivity index (χ3n) is 6.50. The fourth-order valence-electron chi connectivity index (χ4n) is 4.67. The fourth-order valence-corrected chi connectivity index (χ4v) is 4.67. The minimum absolute atomic E-state index is 0.409. The van der Waals surface area contributed by atoms with Crippen LogP contribution in [0.4, 0.5) is 5.95 Å². The van der Waals surface area contributed by atoms with Gasteiger partial charge in [0.15, 0.2) is 0 Å². The SMILES string of the molecule is COc1nc(N[C@H]2CC[C@@H](C(C)C)CC2)nn2ccc(-c3ccc4nccnc4c3)c12. The largest absolute Gasteiger partial charge is 0.479 e. The average molecular weight is 417 g/mol. The van der Waals surface area contributed by atoms with Crippen molar-refractivity contribution in [1.29, 1.82) is 0 Å². The summed E-state index contributed by atoms with van der Waals surface area (Å²) in [6.07, 6.45) is 10.2. The number of nitrogens with one attached hydrogen (secondary N) is 1. The number of hydrogen-bond donors (Lipinski definition) is 1. The molecular weight excluding hydrogens is 388 g/mol. The zero-order valence-corrected chi connectivity index (χ0v) is 18.2. The van der Waals surface area contributed by atoms with Crippen molar-refractivity contribution >= 4 is 22.5 Å². The monoisotopic (exact) mass is 416 g/mol. The van der Waals surface area contributed by atoms with E-state index in [0.717, 1.165) is 52.4 Å². The molecule has 4 aromatic rings. The van der Waals surface area contributed by atoms with Crippen molar-refractivity contribution in [1.82, 2.24) is 24.6 Å². The second kappa shape index (κ2) is 8.13. The first-order valence-corrected chi connectivity index (χ1v) is 11.0. The highest BCUT2D eigenvalue weighted by atomic mass is 16.5. The molecule has 0 radical (unpaired) electrons. The van der Waals surface area contributed by atoms with Gasteiger partial charge in [0.05, 0.1) is 18.1 Å². The molecule has 0 unspecified atom stereocenters. The maximum atomic E-state index is 5.67. The lowest BCUT2D eigenvalue weighted by Crippen LogP contribution is -2.29. The smallest absolute Gasteiger partial charge is 0.244 e. The standard InChI is InChI=1S/C24H28N6O/c1-15(2)16-4-7-18(8-5-16)27-24-28-23(31-3)22-19(10-13-30(22)29-24)17-6-9-20-21(14-17)26-12-11-25-20/h6,9-16,18H,4-5,7-8H2,1-3H3,(H,27,29)/t16-,18+. The predicted molar refractivity (Wildman–Crippen MR) is 122 cm³/mol. The maximum Gasteiger partial charge on any atom is 0.244 e. The number of methoxy groups -OCH3 is 1. The van der Waals surface area contributed by atoms with E-state index >= 15 is 0 Å². The molecule has 1 aliphatic carbocycles. The Morgan fingerprint density at radius 1 is 1.03 bits per heavy atom. The first-order valence-electron chi connectivity index (χ1n) is 11.0. The van der Waals surface area contributed by atoms with Crippen LogP contribution in [0.25, 0.3) is 27.7 Å². The maximum absolute atomic E-state index is 5.67. The predicted octanol–water partition coefficient (Wildman–Crippen LogP) is 4.97. The van der Waals surface area contributed by atoms with Crippen LogP contribution in [0, 0.1) is 11.8 Å². The van der Waals surface area contributed by atoms with E-state index in [9.17, 15) is 0 Å².